The van der Waals surface area contributed by atoms with Gasteiger partial charge in [0.05, 0.1) is 0 Å². The number of halogens is 1. The van der Waals surface area contributed by atoms with E-state index >= 15 is 0 Å². The van der Waals surface area contributed by atoms with E-state index in [0.29, 0.717) is 6.04 Å². The molecule has 3 rings (SSSR count). The van der Waals surface area contributed by atoms with Gasteiger partial charge in [-0.25, -0.2) is 0 Å². The van der Waals surface area contributed by atoms with Crippen LogP contribution in [0.2, 0.25) is 0 Å². The van der Waals surface area contributed by atoms with Crippen LogP contribution >= 0.6 is 15.9 Å². The second kappa shape index (κ2) is 6.16. The summed E-state index contributed by atoms with van der Waals surface area (Å²) in [5.41, 5.74) is 0.785. The van der Waals surface area contributed by atoms with Crippen molar-refractivity contribution in [2.24, 2.45) is 0 Å². The van der Waals surface area contributed by atoms with Gasteiger partial charge in [0.15, 0.2) is 0 Å². The average molecular weight is 347 g/mol. The fourth-order valence-corrected chi connectivity index (χ4v) is 3.28. The van der Waals surface area contributed by atoms with Crippen molar-refractivity contribution in [1.29, 1.82) is 0 Å². The number of hydrogen-bond acceptors (Lipinski definition) is 2. The number of carbonyl (C=O) groups is 1. The highest BCUT2D eigenvalue weighted by Gasteiger charge is 2.22. The average Bonchev–Trinajstić information content (AvgIpc) is 2.53. The molecule has 1 aliphatic rings. The predicted octanol–water partition coefficient (Wildman–Crippen LogP) is 3.43. The predicted molar refractivity (Wildman–Crippen MR) is 89.6 cm³/mol. The summed E-state index contributed by atoms with van der Waals surface area (Å²) in [6, 6.07) is 12.6. The summed E-state index contributed by atoms with van der Waals surface area (Å²) in [6.07, 6.45) is 2.06. The highest BCUT2D eigenvalue weighted by Crippen LogP contribution is 2.22. The Kier molecular flexibility index (Phi) is 4.27. The topological polar surface area (TPSA) is 32.3 Å². The van der Waals surface area contributed by atoms with Crippen molar-refractivity contribution in [3.63, 3.8) is 0 Å². The third-order valence-electron chi connectivity index (χ3n) is 4.24. The van der Waals surface area contributed by atoms with Crippen LogP contribution in [-0.4, -0.2) is 37.0 Å². The van der Waals surface area contributed by atoms with Gasteiger partial charge in [-0.15, -0.1) is 0 Å². The molecule has 0 saturated carbocycles. The van der Waals surface area contributed by atoms with E-state index in [2.05, 4.69) is 27.3 Å². The molecule has 0 aliphatic carbocycles. The van der Waals surface area contributed by atoms with Crippen LogP contribution in [0.5, 0.6) is 0 Å². The van der Waals surface area contributed by atoms with E-state index in [1.807, 2.05) is 42.3 Å². The lowest BCUT2D eigenvalue weighted by molar-refractivity contribution is 0.0707. The maximum absolute atomic E-state index is 12.6. The zero-order chi connectivity index (χ0) is 14.8. The Morgan fingerprint density at radius 2 is 1.81 bits per heavy atom. The summed E-state index contributed by atoms with van der Waals surface area (Å²) in [5, 5.41) is 5.54. The molecule has 1 saturated heterocycles. The van der Waals surface area contributed by atoms with Crippen molar-refractivity contribution in [2.45, 2.75) is 18.9 Å². The van der Waals surface area contributed by atoms with Gasteiger partial charge in [0.2, 0.25) is 0 Å². The van der Waals surface area contributed by atoms with Gasteiger partial charge in [0, 0.05) is 29.2 Å². The van der Waals surface area contributed by atoms with E-state index in [-0.39, 0.29) is 5.91 Å². The van der Waals surface area contributed by atoms with Crippen LogP contribution in [0.1, 0.15) is 23.2 Å². The Labute approximate surface area is 133 Å². The number of amides is 1. The number of likely N-dealkylation sites (tertiary alicyclic amines) is 1. The molecule has 4 heteroatoms. The van der Waals surface area contributed by atoms with Gasteiger partial charge in [-0.1, -0.05) is 28.1 Å². The van der Waals surface area contributed by atoms with Crippen molar-refractivity contribution < 1.29 is 4.79 Å². The monoisotopic (exact) mass is 346 g/mol. The largest absolute Gasteiger partial charge is 0.339 e. The summed E-state index contributed by atoms with van der Waals surface area (Å²) in [7, 11) is 1.99. The highest BCUT2D eigenvalue weighted by molar-refractivity contribution is 9.10. The molecular weight excluding hydrogens is 328 g/mol. The molecule has 2 aromatic carbocycles. The first kappa shape index (κ1) is 14.5. The summed E-state index contributed by atoms with van der Waals surface area (Å²) < 4.78 is 1.06. The van der Waals surface area contributed by atoms with Gasteiger partial charge in [-0.3, -0.25) is 4.79 Å². The van der Waals surface area contributed by atoms with Crippen LogP contribution < -0.4 is 5.32 Å². The Bertz CT molecular complexity index is 663. The van der Waals surface area contributed by atoms with E-state index < -0.39 is 0 Å². The number of benzene rings is 2. The summed E-state index contributed by atoms with van der Waals surface area (Å²) in [4.78, 5) is 14.6. The van der Waals surface area contributed by atoms with Crippen LogP contribution in [0.3, 0.4) is 0 Å². The Balaban J connectivity index is 1.80. The minimum absolute atomic E-state index is 0.148. The second-order valence-electron chi connectivity index (χ2n) is 5.56. The van der Waals surface area contributed by atoms with Crippen molar-refractivity contribution >= 4 is 32.6 Å². The number of rotatable bonds is 2. The van der Waals surface area contributed by atoms with E-state index in [0.717, 1.165) is 46.7 Å². The van der Waals surface area contributed by atoms with Crippen LogP contribution in [0.15, 0.2) is 40.9 Å². The Morgan fingerprint density at radius 3 is 2.52 bits per heavy atom. The van der Waals surface area contributed by atoms with Gasteiger partial charge >= 0.3 is 0 Å². The fraction of sp³-hybridized carbons (Fsp3) is 0.353. The Hall–Kier alpha value is -1.39. The van der Waals surface area contributed by atoms with Gasteiger partial charge in [-0.05, 0) is 54.9 Å². The van der Waals surface area contributed by atoms with E-state index in [1.54, 1.807) is 0 Å². The molecule has 0 spiro atoms. The van der Waals surface area contributed by atoms with Crippen LogP contribution in [-0.2, 0) is 0 Å². The van der Waals surface area contributed by atoms with Gasteiger partial charge in [0.25, 0.3) is 5.91 Å². The molecule has 3 nitrogen and oxygen atoms in total. The molecule has 0 atom stereocenters. The standard InChI is InChI=1S/C17H19BrN2O/c1-19-16-6-8-20(9-7-16)17(21)14-3-2-13-11-15(18)5-4-12(13)10-14/h2-5,10-11,16,19H,6-9H2,1H3. The maximum Gasteiger partial charge on any atom is 0.253 e. The Morgan fingerprint density at radius 1 is 1.14 bits per heavy atom. The third-order valence-corrected chi connectivity index (χ3v) is 4.73. The fourth-order valence-electron chi connectivity index (χ4n) is 2.90. The first-order valence-corrected chi connectivity index (χ1v) is 8.12. The molecule has 1 aliphatic heterocycles. The van der Waals surface area contributed by atoms with E-state index in [9.17, 15) is 4.79 Å². The first-order chi connectivity index (χ1) is 10.2. The first-order valence-electron chi connectivity index (χ1n) is 7.33. The number of nitrogens with zero attached hydrogens (tertiary/aromatic N) is 1. The molecule has 110 valence electrons. The normalized spacial score (nSPS) is 16.4. The summed E-state index contributed by atoms with van der Waals surface area (Å²) in [5.74, 6) is 0.148. The van der Waals surface area contributed by atoms with E-state index in [4.69, 9.17) is 0 Å². The molecule has 0 radical (unpaired) electrons. The lowest BCUT2D eigenvalue weighted by atomic mass is 10.0. The highest BCUT2D eigenvalue weighted by atomic mass is 79.9. The van der Waals surface area contributed by atoms with Gasteiger partial charge < -0.3 is 10.2 Å². The van der Waals surface area contributed by atoms with Crippen molar-refractivity contribution in [3.05, 3.63) is 46.4 Å². The van der Waals surface area contributed by atoms with Crippen molar-refractivity contribution in [2.75, 3.05) is 20.1 Å². The molecule has 21 heavy (non-hydrogen) atoms. The molecule has 0 aromatic heterocycles. The molecule has 0 unspecified atom stereocenters. The number of piperidine rings is 1. The molecule has 1 fully saturated rings. The van der Waals surface area contributed by atoms with Crippen LogP contribution in [0, 0.1) is 0 Å². The summed E-state index contributed by atoms with van der Waals surface area (Å²) >= 11 is 3.47. The summed E-state index contributed by atoms with van der Waals surface area (Å²) in [6.45, 7) is 1.67. The SMILES string of the molecule is CNC1CCN(C(=O)c2ccc3cc(Br)ccc3c2)CC1. The maximum atomic E-state index is 12.6. The molecule has 2 aromatic rings. The lowest BCUT2D eigenvalue weighted by Crippen LogP contribution is -2.43. The quantitative estimate of drug-likeness (QED) is 0.903. The number of nitrogens with one attached hydrogen (secondary N) is 1. The van der Waals surface area contributed by atoms with Crippen molar-refractivity contribution in [1.82, 2.24) is 10.2 Å². The minimum atomic E-state index is 0.148. The van der Waals surface area contributed by atoms with Crippen LogP contribution in [0.25, 0.3) is 10.8 Å². The smallest absolute Gasteiger partial charge is 0.253 e. The minimum Gasteiger partial charge on any atom is -0.339 e. The molecule has 1 heterocycles. The number of hydrogen-bond donors (Lipinski definition) is 1. The zero-order valence-corrected chi connectivity index (χ0v) is 13.7. The number of carbonyl (C=O) groups excluding carboxylic acids is 1. The van der Waals surface area contributed by atoms with Gasteiger partial charge in [0.1, 0.15) is 0 Å². The lowest BCUT2D eigenvalue weighted by Gasteiger charge is -2.31. The van der Waals surface area contributed by atoms with Gasteiger partial charge in [-0.2, -0.15) is 0 Å². The number of fused-ring (bicyclic) bond motifs is 1. The second-order valence-corrected chi connectivity index (χ2v) is 6.48. The molecule has 1 N–H and O–H groups in total. The van der Waals surface area contributed by atoms with E-state index in [1.165, 1.54) is 0 Å². The van der Waals surface area contributed by atoms with Crippen LogP contribution in [0.4, 0.5) is 0 Å². The molecule has 1 amide bonds. The van der Waals surface area contributed by atoms with Crippen molar-refractivity contribution in [3.8, 4) is 0 Å². The molecule has 0 bridgehead atoms. The molecular formula is C17H19BrN2O. The zero-order valence-electron chi connectivity index (χ0n) is 12.1. The third kappa shape index (κ3) is 3.11.